The van der Waals surface area contributed by atoms with Crippen LogP contribution < -0.4 is 0 Å². The summed E-state index contributed by atoms with van der Waals surface area (Å²) >= 11 is 0. The molecule has 0 saturated carbocycles. The van der Waals surface area contributed by atoms with E-state index in [1.165, 1.54) is 4.90 Å². The summed E-state index contributed by atoms with van der Waals surface area (Å²) in [6.07, 6.45) is -0.950. The third-order valence-electron chi connectivity index (χ3n) is 4.24. The molecule has 0 unspecified atom stereocenters. The van der Waals surface area contributed by atoms with Gasteiger partial charge < -0.3 is 9.64 Å². The molecule has 0 radical (unpaired) electrons. The number of benzene rings is 1. The summed E-state index contributed by atoms with van der Waals surface area (Å²) in [7, 11) is 0. The average molecular weight is 314 g/mol. The number of hydrogen-bond donors (Lipinski definition) is 0. The van der Waals surface area contributed by atoms with Crippen LogP contribution in [0.25, 0.3) is 5.57 Å². The van der Waals surface area contributed by atoms with Gasteiger partial charge in [-0.2, -0.15) is 0 Å². The van der Waals surface area contributed by atoms with Gasteiger partial charge in [0.2, 0.25) is 5.91 Å². The zero-order valence-electron chi connectivity index (χ0n) is 14.0. The van der Waals surface area contributed by atoms with Crippen LogP contribution in [0, 0.1) is 0 Å². The predicted molar refractivity (Wildman–Crippen MR) is 87.3 cm³/mol. The Hall–Kier alpha value is -2.30. The van der Waals surface area contributed by atoms with Crippen LogP contribution >= 0.6 is 0 Å². The molecular weight excluding hydrogens is 292 g/mol. The molecule has 2 atom stereocenters. The summed E-state index contributed by atoms with van der Waals surface area (Å²) in [6.45, 7) is 11.8. The van der Waals surface area contributed by atoms with Gasteiger partial charge in [0.1, 0.15) is 17.8 Å². The lowest BCUT2D eigenvalue weighted by Crippen LogP contribution is -2.48. The molecule has 3 rings (SSSR count). The molecule has 2 amide bonds. The number of nitrogens with zero attached hydrogens (tertiary/aromatic N) is 2. The normalized spacial score (nSPS) is 23.7. The quantitative estimate of drug-likeness (QED) is 0.739. The summed E-state index contributed by atoms with van der Waals surface area (Å²) in [6, 6.07) is 7.31. The molecule has 1 aromatic carbocycles. The number of carbonyl (C=O) groups is 2. The molecule has 0 aliphatic carbocycles. The number of rotatable bonds is 0. The fourth-order valence-electron chi connectivity index (χ4n) is 3.23. The minimum Gasteiger partial charge on any atom is -0.444 e. The van der Waals surface area contributed by atoms with Crippen LogP contribution in [0.2, 0.25) is 0 Å². The topological polar surface area (TPSA) is 49.9 Å². The smallest absolute Gasteiger partial charge is 0.412 e. The van der Waals surface area contributed by atoms with Crippen molar-refractivity contribution in [2.75, 3.05) is 0 Å². The van der Waals surface area contributed by atoms with Gasteiger partial charge in [-0.05, 0) is 44.4 Å². The van der Waals surface area contributed by atoms with Gasteiger partial charge in [-0.1, -0.05) is 30.8 Å². The van der Waals surface area contributed by atoms with E-state index in [1.54, 1.807) is 11.8 Å². The molecule has 2 aliphatic rings. The molecule has 0 aromatic heterocycles. The Labute approximate surface area is 136 Å². The molecule has 0 N–H and O–H groups in total. The van der Waals surface area contributed by atoms with Crippen molar-refractivity contribution in [2.45, 2.75) is 52.0 Å². The second-order valence-electron chi connectivity index (χ2n) is 7.09. The summed E-state index contributed by atoms with van der Waals surface area (Å²) in [5.41, 5.74) is 2.21. The standard InChI is InChI=1S/C18H22N2O3/c1-11-14-9-7-6-8-13(14)10-19-15(11)20(12(2)16(19)21)17(22)23-18(3,4)5/h6-9,12,15H,1,10H2,2-5H3/t12-,15+/m0/s1. The SMILES string of the molecule is C=C1c2ccccc2CN2C(=O)[C@H](C)N(C(=O)OC(C)(C)C)[C@H]12. The van der Waals surface area contributed by atoms with E-state index in [0.29, 0.717) is 6.54 Å². The van der Waals surface area contributed by atoms with E-state index in [4.69, 9.17) is 4.74 Å². The van der Waals surface area contributed by atoms with Gasteiger partial charge in [0, 0.05) is 6.54 Å². The van der Waals surface area contributed by atoms with Crippen molar-refractivity contribution in [3.8, 4) is 0 Å². The Kier molecular flexibility index (Phi) is 3.47. The summed E-state index contributed by atoms with van der Waals surface area (Å²) < 4.78 is 5.49. The van der Waals surface area contributed by atoms with Crippen molar-refractivity contribution in [1.82, 2.24) is 9.80 Å². The fraction of sp³-hybridized carbons (Fsp3) is 0.444. The predicted octanol–water partition coefficient (Wildman–Crippen LogP) is 3.01. The van der Waals surface area contributed by atoms with Gasteiger partial charge in [0.05, 0.1) is 0 Å². The molecule has 2 aliphatic heterocycles. The van der Waals surface area contributed by atoms with Crippen molar-refractivity contribution in [3.05, 3.63) is 42.0 Å². The van der Waals surface area contributed by atoms with Gasteiger partial charge >= 0.3 is 6.09 Å². The molecule has 122 valence electrons. The van der Waals surface area contributed by atoms with Crippen LogP contribution in [0.15, 0.2) is 30.8 Å². The summed E-state index contributed by atoms with van der Waals surface area (Å²) in [4.78, 5) is 28.4. The van der Waals surface area contributed by atoms with Crippen LogP contribution in [0.3, 0.4) is 0 Å². The molecular formula is C18H22N2O3. The molecule has 2 heterocycles. The number of hydrogen-bond acceptors (Lipinski definition) is 3. The Morgan fingerprint density at radius 3 is 2.61 bits per heavy atom. The van der Waals surface area contributed by atoms with Crippen molar-refractivity contribution >= 4 is 17.6 Å². The van der Waals surface area contributed by atoms with Crippen molar-refractivity contribution < 1.29 is 14.3 Å². The van der Waals surface area contributed by atoms with E-state index in [-0.39, 0.29) is 5.91 Å². The van der Waals surface area contributed by atoms with Crippen molar-refractivity contribution in [1.29, 1.82) is 0 Å². The van der Waals surface area contributed by atoms with Gasteiger partial charge in [-0.3, -0.25) is 9.69 Å². The third kappa shape index (κ3) is 2.50. The van der Waals surface area contributed by atoms with Gasteiger partial charge in [-0.15, -0.1) is 0 Å². The fourth-order valence-corrected chi connectivity index (χ4v) is 3.23. The highest BCUT2D eigenvalue weighted by atomic mass is 16.6. The highest BCUT2D eigenvalue weighted by molar-refractivity contribution is 5.94. The minimum atomic E-state index is -0.610. The summed E-state index contributed by atoms with van der Waals surface area (Å²) in [5, 5.41) is 0. The Morgan fingerprint density at radius 2 is 1.96 bits per heavy atom. The third-order valence-corrected chi connectivity index (χ3v) is 4.24. The molecule has 0 bridgehead atoms. The monoisotopic (exact) mass is 314 g/mol. The highest BCUT2D eigenvalue weighted by Gasteiger charge is 2.50. The molecule has 1 saturated heterocycles. The molecule has 0 spiro atoms. The molecule has 5 nitrogen and oxygen atoms in total. The van der Waals surface area contributed by atoms with Gasteiger partial charge in [0.15, 0.2) is 0 Å². The first kappa shape index (κ1) is 15.6. The Balaban J connectivity index is 1.99. The first-order chi connectivity index (χ1) is 10.7. The van der Waals surface area contributed by atoms with Gasteiger partial charge in [0.25, 0.3) is 0 Å². The largest absolute Gasteiger partial charge is 0.444 e. The molecule has 1 aromatic rings. The average Bonchev–Trinajstić information content (AvgIpc) is 2.71. The van der Waals surface area contributed by atoms with E-state index in [0.717, 1.165) is 16.7 Å². The van der Waals surface area contributed by atoms with Crippen molar-refractivity contribution in [2.24, 2.45) is 0 Å². The zero-order valence-corrected chi connectivity index (χ0v) is 14.0. The zero-order chi connectivity index (χ0) is 16.9. The van der Waals surface area contributed by atoms with Gasteiger partial charge in [-0.25, -0.2) is 4.79 Å². The van der Waals surface area contributed by atoms with E-state index in [9.17, 15) is 9.59 Å². The van der Waals surface area contributed by atoms with E-state index in [1.807, 2.05) is 45.0 Å². The van der Waals surface area contributed by atoms with E-state index < -0.39 is 23.9 Å². The first-order valence-corrected chi connectivity index (χ1v) is 7.79. The van der Waals surface area contributed by atoms with E-state index in [2.05, 4.69) is 6.58 Å². The maximum atomic E-state index is 12.6. The van der Waals surface area contributed by atoms with E-state index >= 15 is 0 Å². The van der Waals surface area contributed by atoms with Crippen LogP contribution in [0.5, 0.6) is 0 Å². The first-order valence-electron chi connectivity index (χ1n) is 7.79. The molecule has 1 fully saturated rings. The molecule has 5 heteroatoms. The lowest BCUT2D eigenvalue weighted by Gasteiger charge is -2.37. The maximum Gasteiger partial charge on any atom is 0.412 e. The second-order valence-corrected chi connectivity index (χ2v) is 7.09. The number of amides is 2. The van der Waals surface area contributed by atoms with Crippen LogP contribution in [-0.4, -0.2) is 39.6 Å². The minimum absolute atomic E-state index is 0.0727. The lowest BCUT2D eigenvalue weighted by molar-refractivity contribution is -0.130. The van der Waals surface area contributed by atoms with Crippen molar-refractivity contribution in [3.63, 3.8) is 0 Å². The number of ether oxygens (including phenoxy) is 1. The molecule has 23 heavy (non-hydrogen) atoms. The lowest BCUT2D eigenvalue weighted by atomic mass is 9.94. The number of fused-ring (bicyclic) bond motifs is 2. The maximum absolute atomic E-state index is 12.6. The van der Waals surface area contributed by atoms with Crippen LogP contribution in [-0.2, 0) is 16.1 Å². The Bertz CT molecular complexity index is 690. The van der Waals surface area contributed by atoms with Crippen LogP contribution in [0.4, 0.5) is 4.79 Å². The number of carbonyl (C=O) groups excluding carboxylic acids is 2. The summed E-state index contributed by atoms with van der Waals surface area (Å²) in [5.74, 6) is -0.0727. The highest BCUT2D eigenvalue weighted by Crippen LogP contribution is 2.39. The Morgan fingerprint density at radius 1 is 1.30 bits per heavy atom. The second kappa shape index (κ2) is 5.11. The van der Waals surface area contributed by atoms with Crippen LogP contribution in [0.1, 0.15) is 38.8 Å².